The van der Waals surface area contributed by atoms with E-state index in [2.05, 4.69) is 31.1 Å². The monoisotopic (exact) mass is 567 g/mol. The molecule has 186 valence electrons. The predicted octanol–water partition coefficient (Wildman–Crippen LogP) is 4.36. The first-order valence-electron chi connectivity index (χ1n) is 10.5. The molecule has 0 radical (unpaired) electrons. The summed E-state index contributed by atoms with van der Waals surface area (Å²) in [7, 11) is 3.05. The third-order valence-electron chi connectivity index (χ3n) is 5.29. The van der Waals surface area contributed by atoms with Gasteiger partial charge in [0, 0.05) is 60.3 Å². The van der Waals surface area contributed by atoms with E-state index in [9.17, 15) is 14.4 Å². The van der Waals surface area contributed by atoms with Crippen LogP contribution in [0.1, 0.15) is 40.3 Å². The van der Waals surface area contributed by atoms with Gasteiger partial charge in [0.05, 0.1) is 5.56 Å². The van der Waals surface area contributed by atoms with E-state index in [1.165, 1.54) is 54.1 Å². The van der Waals surface area contributed by atoms with E-state index in [0.717, 1.165) is 6.07 Å². The van der Waals surface area contributed by atoms with Crippen molar-refractivity contribution >= 4 is 21.7 Å². The lowest BCUT2D eigenvalue weighted by atomic mass is 9.95. The van der Waals surface area contributed by atoms with Crippen LogP contribution >= 0.6 is 15.9 Å². The summed E-state index contributed by atoms with van der Waals surface area (Å²) in [5, 5.41) is 26.4. The van der Waals surface area contributed by atoms with Crippen LogP contribution in [0.4, 0.5) is 8.78 Å². The number of nitrogens with zero attached hydrogens (tertiary/aromatic N) is 7. The molecule has 0 spiro atoms. The zero-order valence-electron chi connectivity index (χ0n) is 19.5. The fraction of sp³-hybridized carbons (Fsp3) is 0.167. The van der Waals surface area contributed by atoms with Gasteiger partial charge in [0.15, 0.2) is 5.75 Å². The molecule has 0 saturated heterocycles. The molecule has 13 heteroatoms. The summed E-state index contributed by atoms with van der Waals surface area (Å²) >= 11 is 3.25. The van der Waals surface area contributed by atoms with Gasteiger partial charge in [-0.05, 0) is 28.9 Å². The Morgan fingerprint density at radius 1 is 1.16 bits per heavy atom. The minimum absolute atomic E-state index is 0.0123. The highest BCUT2D eigenvalue weighted by Crippen LogP contribution is 2.38. The summed E-state index contributed by atoms with van der Waals surface area (Å²) < 4.78 is 43.5. The standard InChI is InChI=1S/C24H16BrF2N7O3/c1-12(37-20-4-13(25)9-30-24(20)36-11-29)16-5-14(26)6-18(27)21(16)22-17(10-33(2)32-22)23(35)19-7-15(8-28)34(3)31-19/h4-7,9-10,12H,1-3H3/t12-/m1/s1. The molecule has 0 aliphatic rings. The highest BCUT2D eigenvalue weighted by molar-refractivity contribution is 9.10. The zero-order chi connectivity index (χ0) is 26.9. The second kappa shape index (κ2) is 10.2. The van der Waals surface area contributed by atoms with E-state index < -0.39 is 23.5 Å². The molecule has 4 rings (SSSR count). The number of aryl methyl sites for hydroxylation is 2. The van der Waals surface area contributed by atoms with Crippen molar-refractivity contribution in [3.8, 4) is 35.2 Å². The lowest BCUT2D eigenvalue weighted by Crippen LogP contribution is -2.10. The Labute approximate surface area is 217 Å². The van der Waals surface area contributed by atoms with E-state index in [1.807, 2.05) is 6.07 Å². The number of ether oxygens (including phenoxy) is 2. The molecule has 0 bridgehead atoms. The van der Waals surface area contributed by atoms with Crippen molar-refractivity contribution in [1.82, 2.24) is 24.5 Å². The minimum Gasteiger partial charge on any atom is -0.480 e. The molecular formula is C24H16BrF2N7O3. The van der Waals surface area contributed by atoms with Crippen LogP contribution < -0.4 is 9.47 Å². The Morgan fingerprint density at radius 3 is 2.59 bits per heavy atom. The molecule has 4 aromatic rings. The number of rotatable bonds is 7. The molecule has 0 aliphatic heterocycles. The summed E-state index contributed by atoms with van der Waals surface area (Å²) in [4.78, 5) is 17.3. The molecule has 10 nitrogen and oxygen atoms in total. The van der Waals surface area contributed by atoms with E-state index in [0.29, 0.717) is 10.5 Å². The van der Waals surface area contributed by atoms with Gasteiger partial charge in [-0.3, -0.25) is 14.2 Å². The number of hydrogen-bond donors (Lipinski definition) is 0. The third kappa shape index (κ3) is 5.03. The number of benzene rings is 1. The summed E-state index contributed by atoms with van der Waals surface area (Å²) in [5.74, 6) is -2.57. The maximum Gasteiger partial charge on any atom is 0.294 e. The third-order valence-corrected chi connectivity index (χ3v) is 5.73. The van der Waals surface area contributed by atoms with Gasteiger partial charge in [-0.2, -0.15) is 15.5 Å². The normalized spacial score (nSPS) is 11.5. The Hall–Kier alpha value is -4.62. The average Bonchev–Trinajstić information content (AvgIpc) is 3.41. The van der Waals surface area contributed by atoms with Crippen molar-refractivity contribution in [3.63, 3.8) is 0 Å². The van der Waals surface area contributed by atoms with Crippen LogP contribution in [-0.4, -0.2) is 30.3 Å². The van der Waals surface area contributed by atoms with E-state index in [-0.39, 0.29) is 45.4 Å². The predicted molar refractivity (Wildman–Crippen MR) is 127 cm³/mol. The molecule has 1 atom stereocenters. The second-order valence-electron chi connectivity index (χ2n) is 7.81. The molecule has 0 unspecified atom stereocenters. The summed E-state index contributed by atoms with van der Waals surface area (Å²) in [6.07, 6.45) is 3.26. The summed E-state index contributed by atoms with van der Waals surface area (Å²) in [6, 6.07) is 6.46. The molecule has 0 aliphatic carbocycles. The summed E-state index contributed by atoms with van der Waals surface area (Å²) in [5.41, 5.74) is -0.100. The molecule has 1 aromatic carbocycles. The molecule has 0 amide bonds. The van der Waals surface area contributed by atoms with Crippen molar-refractivity contribution in [2.24, 2.45) is 14.1 Å². The Kier molecular flexibility index (Phi) is 7.00. The van der Waals surface area contributed by atoms with E-state index in [1.54, 1.807) is 7.05 Å². The van der Waals surface area contributed by atoms with Crippen LogP contribution in [-0.2, 0) is 14.1 Å². The lowest BCUT2D eigenvalue weighted by Gasteiger charge is -2.19. The minimum atomic E-state index is -1.01. The first kappa shape index (κ1) is 25.5. The Morgan fingerprint density at radius 2 is 1.92 bits per heavy atom. The van der Waals surface area contributed by atoms with Gasteiger partial charge in [0.2, 0.25) is 5.78 Å². The number of nitriles is 2. The lowest BCUT2D eigenvalue weighted by molar-refractivity contribution is 0.103. The maximum atomic E-state index is 15.3. The smallest absolute Gasteiger partial charge is 0.294 e. The molecule has 0 fully saturated rings. The molecule has 0 saturated carbocycles. The highest BCUT2D eigenvalue weighted by atomic mass is 79.9. The largest absolute Gasteiger partial charge is 0.480 e. The highest BCUT2D eigenvalue weighted by Gasteiger charge is 2.28. The number of pyridine rings is 1. The van der Waals surface area contributed by atoms with Crippen molar-refractivity contribution in [1.29, 1.82) is 10.5 Å². The number of halogens is 3. The number of ketones is 1. The Bertz CT molecular complexity index is 1620. The average molecular weight is 568 g/mol. The fourth-order valence-electron chi connectivity index (χ4n) is 3.69. The van der Waals surface area contributed by atoms with Crippen molar-refractivity contribution in [3.05, 3.63) is 75.3 Å². The van der Waals surface area contributed by atoms with Crippen molar-refractivity contribution < 1.29 is 23.0 Å². The van der Waals surface area contributed by atoms with Gasteiger partial charge in [-0.15, -0.1) is 5.26 Å². The van der Waals surface area contributed by atoms with Gasteiger partial charge in [0.25, 0.3) is 12.1 Å². The molecule has 0 N–H and O–H groups in total. The van der Waals surface area contributed by atoms with Gasteiger partial charge in [0.1, 0.15) is 40.9 Å². The topological polar surface area (TPSA) is 132 Å². The number of aromatic nitrogens is 5. The molecule has 3 aromatic heterocycles. The van der Waals surface area contributed by atoms with E-state index in [4.69, 9.17) is 14.7 Å². The molecule has 37 heavy (non-hydrogen) atoms. The maximum absolute atomic E-state index is 15.3. The summed E-state index contributed by atoms with van der Waals surface area (Å²) in [6.45, 7) is 1.52. The number of hydrogen-bond acceptors (Lipinski definition) is 8. The Balaban J connectivity index is 1.83. The SMILES string of the molecule is C[C@@H](Oc1cc(Br)cnc1OC#N)c1cc(F)cc(F)c1-c1nn(C)cc1C(=O)c1cc(C#N)n(C)n1. The van der Waals surface area contributed by atoms with Crippen LogP contribution in [0.2, 0.25) is 0 Å². The van der Waals surface area contributed by atoms with Crippen molar-refractivity contribution in [2.45, 2.75) is 13.0 Å². The van der Waals surface area contributed by atoms with Gasteiger partial charge >= 0.3 is 0 Å². The first-order valence-corrected chi connectivity index (χ1v) is 11.3. The van der Waals surface area contributed by atoms with Crippen LogP contribution in [0.15, 0.2) is 41.1 Å². The second-order valence-corrected chi connectivity index (χ2v) is 8.72. The van der Waals surface area contributed by atoms with Crippen LogP contribution in [0.25, 0.3) is 11.3 Å². The number of carbonyl (C=O) groups excluding carboxylic acids is 1. The van der Waals surface area contributed by atoms with Gasteiger partial charge in [-0.25, -0.2) is 13.8 Å². The fourth-order valence-corrected chi connectivity index (χ4v) is 4.00. The number of carbonyl (C=O) groups is 1. The first-order chi connectivity index (χ1) is 17.6. The van der Waals surface area contributed by atoms with Crippen LogP contribution in [0, 0.1) is 34.5 Å². The van der Waals surface area contributed by atoms with Gasteiger partial charge in [-0.1, -0.05) is 0 Å². The molecule has 3 heterocycles. The zero-order valence-corrected chi connectivity index (χ0v) is 21.1. The van der Waals surface area contributed by atoms with Gasteiger partial charge < -0.3 is 9.47 Å². The van der Waals surface area contributed by atoms with E-state index >= 15 is 4.39 Å². The quantitative estimate of drug-likeness (QED) is 0.237. The van der Waals surface area contributed by atoms with Crippen LogP contribution in [0.5, 0.6) is 11.6 Å². The van der Waals surface area contributed by atoms with Crippen molar-refractivity contribution in [2.75, 3.05) is 0 Å². The van der Waals surface area contributed by atoms with Crippen LogP contribution in [0.3, 0.4) is 0 Å². The molecular weight excluding hydrogens is 552 g/mol.